The number of aromatic nitrogens is 1. The number of thiol groups is 1. The summed E-state index contributed by atoms with van der Waals surface area (Å²) in [5, 5.41) is 3.94. The van der Waals surface area contributed by atoms with E-state index in [0.717, 1.165) is 16.4 Å². The second kappa shape index (κ2) is 8.90. The number of fused-ring (bicyclic) bond motifs is 1. The Hall–Kier alpha value is -2.94. The van der Waals surface area contributed by atoms with Crippen LogP contribution in [-0.4, -0.2) is 18.1 Å². The minimum absolute atomic E-state index is 0.352. The SMILES string of the molecule is COc1ccc(-c2cc3cc(F)c(F)cc3[nH]2)cc1NC(=O)N(S)c1cc(Cl)cc(Cl)c1. The molecule has 0 saturated heterocycles. The van der Waals surface area contributed by atoms with Gasteiger partial charge in [-0.25, -0.2) is 17.9 Å². The molecule has 0 atom stereocenters. The average molecular weight is 494 g/mol. The van der Waals surface area contributed by atoms with Crippen LogP contribution in [0, 0.1) is 11.6 Å². The number of nitrogens with one attached hydrogen (secondary N) is 2. The number of nitrogens with zero attached hydrogens (tertiary/aromatic N) is 1. The van der Waals surface area contributed by atoms with Crippen LogP contribution in [0.15, 0.2) is 54.6 Å². The second-order valence-electron chi connectivity index (χ2n) is 6.82. The Labute approximate surface area is 197 Å². The Balaban J connectivity index is 1.65. The van der Waals surface area contributed by atoms with E-state index in [-0.39, 0.29) is 0 Å². The summed E-state index contributed by atoms with van der Waals surface area (Å²) in [6.45, 7) is 0. The fourth-order valence-electron chi connectivity index (χ4n) is 3.20. The summed E-state index contributed by atoms with van der Waals surface area (Å²) in [6, 6.07) is 13.0. The number of benzene rings is 3. The summed E-state index contributed by atoms with van der Waals surface area (Å²) >= 11 is 16.2. The first-order valence-corrected chi connectivity index (χ1v) is 10.3. The number of hydrogen-bond acceptors (Lipinski definition) is 3. The van der Waals surface area contributed by atoms with Gasteiger partial charge < -0.3 is 15.0 Å². The number of carbonyl (C=O) groups is 1. The number of urea groups is 1. The lowest BCUT2D eigenvalue weighted by molar-refractivity contribution is 0.260. The maximum Gasteiger partial charge on any atom is 0.336 e. The van der Waals surface area contributed by atoms with Gasteiger partial charge in [-0.2, -0.15) is 0 Å². The number of H-pyrrole nitrogens is 1. The standard InChI is InChI=1S/C22H15Cl2F2N3O2S/c1-31-21-3-2-11(18-6-12-4-16(25)17(26)10-19(12)27-18)5-20(21)28-22(30)29(32)15-8-13(23)7-14(24)9-15/h2-10,27,32H,1H3,(H,28,30). The predicted molar refractivity (Wildman–Crippen MR) is 127 cm³/mol. The number of methoxy groups -OCH3 is 1. The van der Waals surface area contributed by atoms with Crippen molar-refractivity contribution in [3.05, 3.63) is 76.3 Å². The molecule has 10 heteroatoms. The van der Waals surface area contributed by atoms with E-state index < -0.39 is 17.7 Å². The average Bonchev–Trinajstić information content (AvgIpc) is 3.15. The molecule has 0 bridgehead atoms. The molecule has 3 aromatic carbocycles. The number of hydrogen-bond donors (Lipinski definition) is 3. The molecule has 5 nitrogen and oxygen atoms in total. The Kier molecular flexibility index (Phi) is 6.19. The Bertz CT molecular complexity index is 1290. The molecule has 0 aliphatic carbocycles. The lowest BCUT2D eigenvalue weighted by atomic mass is 10.1. The van der Waals surface area contributed by atoms with Gasteiger partial charge in [-0.15, -0.1) is 0 Å². The van der Waals surface area contributed by atoms with Crippen LogP contribution in [0.1, 0.15) is 0 Å². The molecule has 2 amide bonds. The molecular formula is C22H15Cl2F2N3O2S. The third kappa shape index (κ3) is 4.48. The lowest BCUT2D eigenvalue weighted by Crippen LogP contribution is -2.27. The molecule has 4 rings (SSSR count). The van der Waals surface area contributed by atoms with Crippen LogP contribution in [-0.2, 0) is 0 Å². The monoisotopic (exact) mass is 493 g/mol. The number of ether oxygens (including phenoxy) is 1. The molecule has 0 spiro atoms. The van der Waals surface area contributed by atoms with Gasteiger partial charge in [0.25, 0.3) is 0 Å². The number of anilines is 2. The molecule has 1 heterocycles. The highest BCUT2D eigenvalue weighted by atomic mass is 35.5. The maximum atomic E-state index is 13.6. The molecule has 0 fully saturated rings. The zero-order chi connectivity index (χ0) is 23.0. The molecule has 4 aromatic rings. The maximum absolute atomic E-state index is 13.6. The zero-order valence-electron chi connectivity index (χ0n) is 16.4. The number of halogens is 4. The highest BCUT2D eigenvalue weighted by Crippen LogP contribution is 2.33. The van der Waals surface area contributed by atoms with Gasteiger partial charge in [0.15, 0.2) is 11.6 Å². The van der Waals surface area contributed by atoms with Crippen molar-refractivity contribution in [3.8, 4) is 17.0 Å². The van der Waals surface area contributed by atoms with Crippen molar-refractivity contribution in [2.45, 2.75) is 0 Å². The van der Waals surface area contributed by atoms with Gasteiger partial charge in [0.2, 0.25) is 0 Å². The van der Waals surface area contributed by atoms with Crippen molar-refractivity contribution < 1.29 is 18.3 Å². The Morgan fingerprint density at radius 1 is 1.03 bits per heavy atom. The molecular weight excluding hydrogens is 479 g/mol. The van der Waals surface area contributed by atoms with E-state index in [1.165, 1.54) is 25.3 Å². The van der Waals surface area contributed by atoms with Crippen molar-refractivity contribution in [2.75, 3.05) is 16.7 Å². The normalized spacial score (nSPS) is 10.9. The van der Waals surface area contributed by atoms with Crippen LogP contribution >= 0.6 is 36.0 Å². The summed E-state index contributed by atoms with van der Waals surface area (Å²) in [5.74, 6) is -1.47. The van der Waals surface area contributed by atoms with E-state index in [2.05, 4.69) is 23.1 Å². The van der Waals surface area contributed by atoms with Crippen LogP contribution in [0.3, 0.4) is 0 Å². The minimum Gasteiger partial charge on any atom is -0.495 e. The van der Waals surface area contributed by atoms with Gasteiger partial charge in [-0.1, -0.05) is 36.0 Å². The van der Waals surface area contributed by atoms with Crippen molar-refractivity contribution in [1.29, 1.82) is 0 Å². The van der Waals surface area contributed by atoms with Crippen LogP contribution in [0.2, 0.25) is 10.0 Å². The molecule has 1 aromatic heterocycles. The van der Waals surface area contributed by atoms with Crippen LogP contribution in [0.4, 0.5) is 25.0 Å². The molecule has 0 saturated carbocycles. The molecule has 0 unspecified atom stereocenters. The number of amides is 2. The van der Waals surface area contributed by atoms with Gasteiger partial charge >= 0.3 is 6.03 Å². The summed E-state index contributed by atoms with van der Waals surface area (Å²) in [7, 11) is 1.47. The smallest absolute Gasteiger partial charge is 0.336 e. The van der Waals surface area contributed by atoms with E-state index in [1.807, 2.05) is 0 Å². The van der Waals surface area contributed by atoms with Gasteiger partial charge in [-0.3, -0.25) is 0 Å². The van der Waals surface area contributed by atoms with Crippen LogP contribution < -0.4 is 14.4 Å². The highest BCUT2D eigenvalue weighted by Gasteiger charge is 2.17. The number of rotatable bonds is 4. The third-order valence-electron chi connectivity index (χ3n) is 4.70. The van der Waals surface area contributed by atoms with Crippen molar-refractivity contribution in [3.63, 3.8) is 0 Å². The van der Waals surface area contributed by atoms with Crippen molar-refractivity contribution in [2.24, 2.45) is 0 Å². The minimum atomic E-state index is -0.941. The number of carbonyl (C=O) groups excluding carboxylic acids is 1. The first kappa shape index (κ1) is 22.3. The lowest BCUT2D eigenvalue weighted by Gasteiger charge is -2.18. The van der Waals surface area contributed by atoms with Crippen molar-refractivity contribution in [1.82, 2.24) is 4.98 Å². The Morgan fingerprint density at radius 2 is 1.72 bits per heavy atom. The van der Waals surface area contributed by atoms with E-state index in [0.29, 0.717) is 49.3 Å². The van der Waals surface area contributed by atoms with E-state index in [4.69, 9.17) is 27.9 Å². The molecule has 0 aliphatic heterocycles. The first-order valence-electron chi connectivity index (χ1n) is 9.17. The van der Waals surface area contributed by atoms with E-state index >= 15 is 0 Å². The topological polar surface area (TPSA) is 57.4 Å². The quantitative estimate of drug-likeness (QED) is 0.261. The van der Waals surface area contributed by atoms with Crippen LogP contribution in [0.25, 0.3) is 22.2 Å². The Morgan fingerprint density at radius 3 is 2.41 bits per heavy atom. The first-order chi connectivity index (χ1) is 15.2. The van der Waals surface area contributed by atoms with Gasteiger partial charge in [-0.05, 0) is 48.5 Å². The number of aromatic amines is 1. The van der Waals surface area contributed by atoms with E-state index in [9.17, 15) is 13.6 Å². The second-order valence-corrected chi connectivity index (χ2v) is 8.09. The summed E-state index contributed by atoms with van der Waals surface area (Å²) in [4.78, 5) is 15.8. The molecule has 32 heavy (non-hydrogen) atoms. The molecule has 2 N–H and O–H groups in total. The highest BCUT2D eigenvalue weighted by molar-refractivity contribution is 7.82. The fourth-order valence-corrected chi connectivity index (χ4v) is 3.88. The van der Waals surface area contributed by atoms with Gasteiger partial charge in [0, 0.05) is 38.3 Å². The zero-order valence-corrected chi connectivity index (χ0v) is 18.8. The third-order valence-corrected chi connectivity index (χ3v) is 5.55. The van der Waals surface area contributed by atoms with Gasteiger partial charge in [0.05, 0.1) is 18.5 Å². The molecule has 0 aliphatic rings. The van der Waals surface area contributed by atoms with Gasteiger partial charge in [0.1, 0.15) is 5.75 Å². The molecule has 0 radical (unpaired) electrons. The summed E-state index contributed by atoms with van der Waals surface area (Å²) in [5.41, 5.74) is 2.44. The van der Waals surface area contributed by atoms with Crippen LogP contribution in [0.5, 0.6) is 5.75 Å². The van der Waals surface area contributed by atoms with E-state index in [1.54, 1.807) is 24.3 Å². The largest absolute Gasteiger partial charge is 0.495 e. The summed E-state index contributed by atoms with van der Waals surface area (Å²) in [6.07, 6.45) is 0. The van der Waals surface area contributed by atoms with Crippen molar-refractivity contribution >= 4 is 64.3 Å². The molecule has 164 valence electrons. The summed E-state index contributed by atoms with van der Waals surface area (Å²) < 4.78 is 33.5. The predicted octanol–water partition coefficient (Wildman–Crippen LogP) is 7.31. The fraction of sp³-hybridized carbons (Fsp3) is 0.0455.